The van der Waals surface area contributed by atoms with Gasteiger partial charge in [0.1, 0.15) is 5.69 Å². The van der Waals surface area contributed by atoms with Crippen molar-refractivity contribution in [3.63, 3.8) is 0 Å². The van der Waals surface area contributed by atoms with Crippen molar-refractivity contribution in [3.05, 3.63) is 75.7 Å². The van der Waals surface area contributed by atoms with Gasteiger partial charge in [-0.25, -0.2) is 13.1 Å². The van der Waals surface area contributed by atoms with Crippen LogP contribution in [0.5, 0.6) is 0 Å². The summed E-state index contributed by atoms with van der Waals surface area (Å²) in [5.74, 6) is -0.178. The van der Waals surface area contributed by atoms with E-state index in [1.165, 1.54) is 16.8 Å². The molecule has 0 atom stereocenters. The molecule has 0 radical (unpaired) electrons. The molecule has 0 spiro atoms. The summed E-state index contributed by atoms with van der Waals surface area (Å²) in [5.41, 5.74) is 1.66. The highest BCUT2D eigenvalue weighted by atomic mass is 32.2. The second kappa shape index (κ2) is 7.73. The molecule has 2 aromatic carbocycles. The third-order valence-corrected chi connectivity index (χ3v) is 7.03. The molecule has 31 heavy (non-hydrogen) atoms. The maximum absolute atomic E-state index is 13.1. The van der Waals surface area contributed by atoms with Crippen LogP contribution >= 0.6 is 0 Å². The SMILES string of the molecule is Cc1ccc(S(=O)(=O)Nc2c(C)n(C)n(-c3ccccc3)c2=O)cc1C(=O)N1CCC1. The van der Waals surface area contributed by atoms with Gasteiger partial charge in [0.15, 0.2) is 0 Å². The number of hydrogen-bond acceptors (Lipinski definition) is 4. The lowest BCUT2D eigenvalue weighted by Gasteiger charge is -2.31. The summed E-state index contributed by atoms with van der Waals surface area (Å²) >= 11 is 0. The highest BCUT2D eigenvalue weighted by Gasteiger charge is 2.26. The molecule has 2 heterocycles. The van der Waals surface area contributed by atoms with Gasteiger partial charge in [-0.3, -0.25) is 19.0 Å². The normalized spacial score (nSPS) is 13.7. The molecular weight excluding hydrogens is 416 g/mol. The lowest BCUT2D eigenvalue weighted by molar-refractivity contribution is 0.0651. The van der Waals surface area contributed by atoms with Gasteiger partial charge in [0, 0.05) is 25.7 Å². The Morgan fingerprint density at radius 1 is 1.03 bits per heavy atom. The summed E-state index contributed by atoms with van der Waals surface area (Å²) in [4.78, 5) is 27.3. The summed E-state index contributed by atoms with van der Waals surface area (Å²) in [7, 11) is -2.39. The van der Waals surface area contributed by atoms with Crippen LogP contribution in [0.25, 0.3) is 5.69 Å². The molecule has 8 nitrogen and oxygen atoms in total. The quantitative estimate of drug-likeness (QED) is 0.659. The van der Waals surface area contributed by atoms with E-state index in [1.807, 2.05) is 6.07 Å². The number of likely N-dealkylation sites (tertiary alicyclic amines) is 1. The van der Waals surface area contributed by atoms with Crippen LogP contribution in [0.3, 0.4) is 0 Å². The Bertz CT molecular complexity index is 1320. The van der Waals surface area contributed by atoms with Crippen molar-refractivity contribution in [1.29, 1.82) is 0 Å². The standard InChI is InChI=1S/C22H24N4O4S/c1-15-10-11-18(14-19(15)21(27)25-12-7-13-25)31(29,30)23-20-16(2)24(3)26(22(20)28)17-8-5-4-6-9-17/h4-6,8-11,14,23H,7,12-13H2,1-3H3. The van der Waals surface area contributed by atoms with Crippen molar-refractivity contribution in [2.75, 3.05) is 17.8 Å². The van der Waals surface area contributed by atoms with E-state index >= 15 is 0 Å². The van der Waals surface area contributed by atoms with Crippen molar-refractivity contribution in [3.8, 4) is 5.69 Å². The zero-order chi connectivity index (χ0) is 22.3. The maximum atomic E-state index is 13.1. The van der Waals surface area contributed by atoms with Crippen LogP contribution in [-0.4, -0.2) is 41.7 Å². The van der Waals surface area contributed by atoms with Crippen molar-refractivity contribution < 1.29 is 13.2 Å². The van der Waals surface area contributed by atoms with E-state index in [4.69, 9.17) is 0 Å². The summed E-state index contributed by atoms with van der Waals surface area (Å²) < 4.78 is 31.7. The first-order valence-electron chi connectivity index (χ1n) is 9.97. The third-order valence-electron chi connectivity index (χ3n) is 5.68. The fraction of sp³-hybridized carbons (Fsp3) is 0.273. The first kappa shape index (κ1) is 20.9. The van der Waals surface area contributed by atoms with Crippen LogP contribution in [-0.2, 0) is 17.1 Å². The molecule has 0 unspecified atom stereocenters. The number of nitrogens with zero attached hydrogens (tertiary/aromatic N) is 3. The number of sulfonamides is 1. The number of amides is 1. The Kier molecular flexibility index (Phi) is 5.22. The van der Waals surface area contributed by atoms with E-state index in [0.717, 1.165) is 6.42 Å². The largest absolute Gasteiger partial charge is 0.339 e. The van der Waals surface area contributed by atoms with Gasteiger partial charge in [0.2, 0.25) is 0 Å². The zero-order valence-corrected chi connectivity index (χ0v) is 18.4. The lowest BCUT2D eigenvalue weighted by atomic mass is 10.1. The van der Waals surface area contributed by atoms with E-state index < -0.39 is 15.6 Å². The maximum Gasteiger partial charge on any atom is 0.296 e. The van der Waals surface area contributed by atoms with E-state index in [-0.39, 0.29) is 16.5 Å². The van der Waals surface area contributed by atoms with Gasteiger partial charge in [0.25, 0.3) is 21.5 Å². The van der Waals surface area contributed by atoms with Crippen LogP contribution in [0.1, 0.15) is 28.0 Å². The van der Waals surface area contributed by atoms with Crippen LogP contribution in [0.15, 0.2) is 58.2 Å². The van der Waals surface area contributed by atoms with E-state index in [9.17, 15) is 18.0 Å². The Labute approximate surface area is 180 Å². The molecule has 1 saturated heterocycles. The number of anilines is 1. The number of rotatable bonds is 5. The second-order valence-corrected chi connectivity index (χ2v) is 9.35. The smallest absolute Gasteiger partial charge is 0.296 e. The molecule has 1 N–H and O–H groups in total. The highest BCUT2D eigenvalue weighted by molar-refractivity contribution is 7.92. The van der Waals surface area contributed by atoms with Gasteiger partial charge >= 0.3 is 0 Å². The second-order valence-electron chi connectivity index (χ2n) is 7.66. The molecule has 1 aliphatic rings. The molecule has 1 aromatic heterocycles. The number of carbonyl (C=O) groups excluding carboxylic acids is 1. The van der Waals surface area contributed by atoms with Crippen LogP contribution < -0.4 is 10.3 Å². The fourth-order valence-corrected chi connectivity index (χ4v) is 4.71. The predicted octanol–water partition coefficient (Wildman–Crippen LogP) is 2.44. The predicted molar refractivity (Wildman–Crippen MR) is 118 cm³/mol. The Morgan fingerprint density at radius 2 is 1.71 bits per heavy atom. The Morgan fingerprint density at radius 3 is 2.32 bits per heavy atom. The Hall–Kier alpha value is -3.33. The summed E-state index contributed by atoms with van der Waals surface area (Å²) in [6.45, 7) is 4.80. The lowest BCUT2D eigenvalue weighted by Crippen LogP contribution is -2.42. The number of hydrogen-bond donors (Lipinski definition) is 1. The minimum atomic E-state index is -4.08. The number of para-hydroxylation sites is 1. The minimum absolute atomic E-state index is 0.0254. The molecule has 1 amide bonds. The first-order valence-corrected chi connectivity index (χ1v) is 11.5. The molecule has 0 aliphatic carbocycles. The van der Waals surface area contributed by atoms with E-state index in [2.05, 4.69) is 4.72 Å². The van der Waals surface area contributed by atoms with Gasteiger partial charge in [-0.2, -0.15) is 0 Å². The summed E-state index contributed by atoms with van der Waals surface area (Å²) in [6.07, 6.45) is 0.950. The average molecular weight is 441 g/mol. The van der Waals surface area contributed by atoms with E-state index in [0.29, 0.717) is 35.6 Å². The number of benzene rings is 2. The van der Waals surface area contributed by atoms with Crippen molar-refractivity contribution in [1.82, 2.24) is 14.3 Å². The van der Waals surface area contributed by atoms with Gasteiger partial charge in [-0.05, 0) is 50.1 Å². The van der Waals surface area contributed by atoms with Crippen molar-refractivity contribution in [2.24, 2.45) is 7.05 Å². The van der Waals surface area contributed by atoms with E-state index in [1.54, 1.807) is 60.8 Å². The molecule has 0 saturated carbocycles. The fourth-order valence-electron chi connectivity index (χ4n) is 3.57. The number of aromatic nitrogens is 2. The molecule has 0 bridgehead atoms. The van der Waals surface area contributed by atoms with Crippen LogP contribution in [0.4, 0.5) is 5.69 Å². The van der Waals surface area contributed by atoms with Crippen LogP contribution in [0.2, 0.25) is 0 Å². The van der Waals surface area contributed by atoms with Crippen molar-refractivity contribution >= 4 is 21.6 Å². The van der Waals surface area contributed by atoms with Crippen LogP contribution in [0, 0.1) is 13.8 Å². The Balaban J connectivity index is 1.72. The van der Waals surface area contributed by atoms with Gasteiger partial charge < -0.3 is 4.90 Å². The molecule has 1 aliphatic heterocycles. The molecular formula is C22H24N4O4S. The minimum Gasteiger partial charge on any atom is -0.339 e. The van der Waals surface area contributed by atoms with Gasteiger partial charge in [-0.15, -0.1) is 0 Å². The molecule has 1 fully saturated rings. The van der Waals surface area contributed by atoms with Gasteiger partial charge in [0.05, 0.1) is 16.3 Å². The number of nitrogens with one attached hydrogen (secondary N) is 1. The number of aryl methyl sites for hydroxylation is 1. The number of carbonyl (C=O) groups is 1. The molecule has 9 heteroatoms. The average Bonchev–Trinajstić information content (AvgIpc) is 2.90. The van der Waals surface area contributed by atoms with Crippen molar-refractivity contribution in [2.45, 2.75) is 25.2 Å². The third kappa shape index (κ3) is 3.65. The first-order chi connectivity index (χ1) is 14.7. The highest BCUT2D eigenvalue weighted by Crippen LogP contribution is 2.23. The summed E-state index contributed by atoms with van der Waals surface area (Å²) in [6, 6.07) is 13.4. The molecule has 162 valence electrons. The van der Waals surface area contributed by atoms with Gasteiger partial charge in [-0.1, -0.05) is 24.3 Å². The summed E-state index contributed by atoms with van der Waals surface area (Å²) in [5, 5.41) is 0. The molecule has 4 rings (SSSR count). The molecule has 3 aromatic rings. The monoisotopic (exact) mass is 440 g/mol. The zero-order valence-electron chi connectivity index (χ0n) is 17.6. The topological polar surface area (TPSA) is 93.4 Å².